The van der Waals surface area contributed by atoms with Gasteiger partial charge in [0.2, 0.25) is 0 Å². The lowest BCUT2D eigenvalue weighted by atomic mass is 10.1. The van der Waals surface area contributed by atoms with Gasteiger partial charge in [0.1, 0.15) is 5.57 Å². The van der Waals surface area contributed by atoms with Crippen LogP contribution in [0.3, 0.4) is 0 Å². The molecule has 0 unspecified atom stereocenters. The van der Waals surface area contributed by atoms with E-state index in [4.69, 9.17) is 4.74 Å². The van der Waals surface area contributed by atoms with Crippen LogP contribution in [0.5, 0.6) is 0 Å². The first-order valence-electron chi connectivity index (χ1n) is 5.17. The molecule has 1 aromatic carbocycles. The molecule has 0 saturated carbocycles. The molecule has 0 N–H and O–H groups in total. The summed E-state index contributed by atoms with van der Waals surface area (Å²) < 4.78 is 4.71. The minimum absolute atomic E-state index is 0.376. The summed E-state index contributed by atoms with van der Waals surface area (Å²) in [6, 6.07) is 9.72. The van der Waals surface area contributed by atoms with Crippen molar-refractivity contribution < 1.29 is 9.53 Å². The third-order valence-electron chi connectivity index (χ3n) is 2.06. The summed E-state index contributed by atoms with van der Waals surface area (Å²) in [5.41, 5.74) is 1.49. The van der Waals surface area contributed by atoms with E-state index < -0.39 is 0 Å². The Bertz CT molecular complexity index is 422. The van der Waals surface area contributed by atoms with Gasteiger partial charge in [-0.15, -0.1) is 11.8 Å². The number of ether oxygens (including phenoxy) is 1. The van der Waals surface area contributed by atoms with Gasteiger partial charge in [-0.25, -0.2) is 9.79 Å². The second-order valence-corrected chi connectivity index (χ2v) is 4.16. The molecule has 1 rings (SSSR count). The lowest BCUT2D eigenvalue weighted by molar-refractivity contribution is -0.136. The standard InChI is InChI=1S/C13H15NO2S/c1-16-13(15)12(9-14-10-17-2)8-11-6-4-3-5-7-11/h3-7H,8,10H2,1-2H3. The highest BCUT2D eigenvalue weighted by Crippen LogP contribution is 2.07. The maximum absolute atomic E-state index is 11.5. The fourth-order valence-electron chi connectivity index (χ4n) is 1.27. The highest BCUT2D eigenvalue weighted by molar-refractivity contribution is 7.98. The van der Waals surface area contributed by atoms with Gasteiger partial charge >= 0.3 is 5.97 Å². The highest BCUT2D eigenvalue weighted by Gasteiger charge is 2.10. The van der Waals surface area contributed by atoms with Crippen LogP contribution in [-0.2, 0) is 16.0 Å². The number of esters is 1. The van der Waals surface area contributed by atoms with Gasteiger partial charge in [-0.3, -0.25) is 0 Å². The number of thioether (sulfide) groups is 1. The van der Waals surface area contributed by atoms with Crippen LogP contribution in [0.25, 0.3) is 0 Å². The van der Waals surface area contributed by atoms with Crippen molar-refractivity contribution in [3.63, 3.8) is 0 Å². The van der Waals surface area contributed by atoms with Crippen LogP contribution in [0.2, 0.25) is 0 Å². The van der Waals surface area contributed by atoms with Crippen molar-refractivity contribution in [2.24, 2.45) is 4.99 Å². The average molecular weight is 249 g/mol. The molecule has 0 aromatic heterocycles. The Hall–Kier alpha value is -1.51. The molecule has 4 heteroatoms. The quantitative estimate of drug-likeness (QED) is 0.456. The first-order valence-corrected chi connectivity index (χ1v) is 6.56. The van der Waals surface area contributed by atoms with Crippen LogP contribution < -0.4 is 0 Å². The van der Waals surface area contributed by atoms with Crippen molar-refractivity contribution in [3.8, 4) is 0 Å². The molecule has 90 valence electrons. The first-order chi connectivity index (χ1) is 8.27. The number of hydrogen-bond acceptors (Lipinski definition) is 4. The maximum Gasteiger partial charge on any atom is 0.343 e. The molecule has 3 nitrogen and oxygen atoms in total. The van der Waals surface area contributed by atoms with E-state index in [2.05, 4.69) is 10.9 Å². The summed E-state index contributed by atoms with van der Waals surface area (Å²) in [7, 11) is 1.36. The van der Waals surface area contributed by atoms with Crippen LogP contribution in [0.4, 0.5) is 0 Å². The summed E-state index contributed by atoms with van der Waals surface area (Å²) in [6.07, 6.45) is 2.44. The van der Waals surface area contributed by atoms with E-state index in [1.165, 1.54) is 7.11 Å². The normalized spacial score (nSPS) is 9.29. The summed E-state index contributed by atoms with van der Waals surface area (Å²) in [5, 5.41) is 0. The largest absolute Gasteiger partial charge is 0.465 e. The zero-order valence-electron chi connectivity index (χ0n) is 9.97. The monoisotopic (exact) mass is 249 g/mol. The van der Waals surface area contributed by atoms with Gasteiger partial charge in [0.15, 0.2) is 0 Å². The predicted octanol–water partition coefficient (Wildman–Crippen LogP) is 2.32. The number of rotatable bonds is 5. The van der Waals surface area contributed by atoms with Gasteiger partial charge in [-0.1, -0.05) is 30.3 Å². The Morgan fingerprint density at radius 3 is 2.71 bits per heavy atom. The van der Waals surface area contributed by atoms with Gasteiger partial charge < -0.3 is 4.74 Å². The first kappa shape index (κ1) is 13.6. The zero-order valence-corrected chi connectivity index (χ0v) is 10.8. The molecule has 0 aliphatic rings. The number of methoxy groups -OCH3 is 1. The summed E-state index contributed by atoms with van der Waals surface area (Å²) >= 11 is 1.57. The topological polar surface area (TPSA) is 38.7 Å². The van der Waals surface area contributed by atoms with Gasteiger partial charge in [-0.2, -0.15) is 0 Å². The van der Waals surface area contributed by atoms with Gasteiger partial charge in [-0.05, 0) is 17.7 Å². The van der Waals surface area contributed by atoms with Crippen molar-refractivity contribution in [2.75, 3.05) is 19.2 Å². The number of carbonyl (C=O) groups excluding carboxylic acids is 1. The number of aliphatic imine (C=N–C) groups is 1. The summed E-state index contributed by atoms with van der Waals surface area (Å²) in [4.78, 5) is 15.6. The van der Waals surface area contributed by atoms with Crippen LogP contribution >= 0.6 is 11.8 Å². The Kier molecular flexibility index (Phi) is 6.15. The fraction of sp³-hybridized carbons (Fsp3) is 0.308. The highest BCUT2D eigenvalue weighted by atomic mass is 32.2. The molecule has 0 atom stereocenters. The second-order valence-electron chi connectivity index (χ2n) is 3.32. The van der Waals surface area contributed by atoms with Gasteiger partial charge in [0.25, 0.3) is 0 Å². The van der Waals surface area contributed by atoms with Crippen molar-refractivity contribution in [2.45, 2.75) is 6.42 Å². The van der Waals surface area contributed by atoms with Crippen molar-refractivity contribution >= 4 is 23.6 Å². The Morgan fingerprint density at radius 1 is 1.41 bits per heavy atom. The molecule has 0 aliphatic heterocycles. The lowest BCUT2D eigenvalue weighted by Gasteiger charge is -2.02. The molecule has 0 fully saturated rings. The lowest BCUT2D eigenvalue weighted by Crippen LogP contribution is -2.08. The third kappa shape index (κ3) is 4.89. The Balaban J connectivity index is 2.85. The van der Waals surface area contributed by atoms with E-state index in [9.17, 15) is 4.79 Å². The molecule has 0 spiro atoms. The van der Waals surface area contributed by atoms with E-state index in [0.29, 0.717) is 17.9 Å². The Morgan fingerprint density at radius 2 is 2.12 bits per heavy atom. The maximum atomic E-state index is 11.5. The van der Waals surface area contributed by atoms with Gasteiger partial charge in [0.05, 0.1) is 13.0 Å². The van der Waals surface area contributed by atoms with Gasteiger partial charge in [0, 0.05) is 6.42 Å². The van der Waals surface area contributed by atoms with Crippen LogP contribution in [0.1, 0.15) is 5.56 Å². The summed E-state index contributed by atoms with van der Waals surface area (Å²) in [5.74, 6) is 2.98. The van der Waals surface area contributed by atoms with Crippen LogP contribution in [0.15, 0.2) is 40.9 Å². The van der Waals surface area contributed by atoms with Crippen molar-refractivity contribution in [3.05, 3.63) is 41.5 Å². The van der Waals surface area contributed by atoms with Crippen LogP contribution in [0, 0.1) is 0 Å². The molecule has 0 radical (unpaired) electrons. The molecular weight excluding hydrogens is 234 g/mol. The number of hydrogen-bond donors (Lipinski definition) is 0. The second kappa shape index (κ2) is 7.71. The summed E-state index contributed by atoms with van der Waals surface area (Å²) in [6.45, 7) is 0. The SMILES string of the molecule is COC(=O)C(=C=NCSC)Cc1ccccc1. The minimum atomic E-state index is -0.376. The smallest absolute Gasteiger partial charge is 0.343 e. The number of nitrogens with zero attached hydrogens (tertiary/aromatic N) is 1. The van der Waals surface area contributed by atoms with E-state index in [1.807, 2.05) is 36.6 Å². The average Bonchev–Trinajstić information content (AvgIpc) is 2.38. The predicted molar refractivity (Wildman–Crippen MR) is 71.5 cm³/mol. The molecule has 0 heterocycles. The number of benzene rings is 1. The molecule has 0 amide bonds. The molecule has 1 aromatic rings. The molecule has 0 bridgehead atoms. The fourth-order valence-corrected chi connectivity index (χ4v) is 1.47. The van der Waals surface area contributed by atoms with Crippen molar-refractivity contribution in [1.29, 1.82) is 0 Å². The van der Waals surface area contributed by atoms with E-state index >= 15 is 0 Å². The third-order valence-corrected chi connectivity index (χ3v) is 2.45. The number of carbonyl (C=O) groups is 1. The Labute approximate surface area is 106 Å². The molecular formula is C13H15NO2S. The zero-order chi connectivity index (χ0) is 12.5. The van der Waals surface area contributed by atoms with Crippen LogP contribution in [-0.4, -0.2) is 31.1 Å². The van der Waals surface area contributed by atoms with E-state index in [-0.39, 0.29) is 5.97 Å². The minimum Gasteiger partial charge on any atom is -0.465 e. The molecule has 0 aliphatic carbocycles. The van der Waals surface area contributed by atoms with E-state index in [0.717, 1.165) is 5.56 Å². The van der Waals surface area contributed by atoms with E-state index in [1.54, 1.807) is 11.8 Å². The van der Waals surface area contributed by atoms with Crippen molar-refractivity contribution in [1.82, 2.24) is 0 Å². The molecule has 17 heavy (non-hydrogen) atoms. The molecule has 0 saturated heterocycles.